The molecule has 0 heterocycles. The number of hydrogen-bond donors (Lipinski definition) is 1. The minimum absolute atomic E-state index is 0.0648. The first-order valence-corrected chi connectivity index (χ1v) is 5.14. The van der Waals surface area contributed by atoms with Crippen molar-refractivity contribution >= 4 is 0 Å². The Balaban J connectivity index is 3.22. The average Bonchev–Trinajstić information content (AvgIpc) is 1.96. The molecule has 0 rings (SSSR count). The number of aliphatic hydroxyl groups excluding tert-OH is 1. The fraction of sp³-hybridized carbons (Fsp3) is 1.00. The highest BCUT2D eigenvalue weighted by Crippen LogP contribution is 2.22. The fourth-order valence-corrected chi connectivity index (χ4v) is 1.24. The van der Waals surface area contributed by atoms with Crippen LogP contribution in [0.4, 0.5) is 0 Å². The summed E-state index contributed by atoms with van der Waals surface area (Å²) in [5.41, 5.74) is 0.456. The van der Waals surface area contributed by atoms with Crippen molar-refractivity contribution in [2.75, 3.05) is 0 Å². The lowest BCUT2D eigenvalue weighted by Crippen LogP contribution is -2.07. The van der Waals surface area contributed by atoms with Crippen molar-refractivity contribution in [3.05, 3.63) is 0 Å². The van der Waals surface area contributed by atoms with Crippen molar-refractivity contribution in [1.82, 2.24) is 0 Å². The molecule has 0 spiro atoms. The molecule has 74 valence electrons. The molecule has 0 saturated carbocycles. The molecule has 0 bridgehead atoms. The zero-order valence-electron chi connectivity index (χ0n) is 9.06. The Morgan fingerprint density at radius 2 is 1.75 bits per heavy atom. The van der Waals surface area contributed by atoms with Gasteiger partial charge in [0.05, 0.1) is 6.10 Å². The third kappa shape index (κ3) is 8.06. The van der Waals surface area contributed by atoms with Crippen LogP contribution in [-0.2, 0) is 0 Å². The molecule has 1 nitrogen and oxygen atoms in total. The van der Waals surface area contributed by atoms with E-state index in [2.05, 4.69) is 20.8 Å². The first kappa shape index (κ1) is 12.0. The summed E-state index contributed by atoms with van der Waals surface area (Å²) in [6.45, 7) is 8.84. The summed E-state index contributed by atoms with van der Waals surface area (Å²) < 4.78 is 0. The second-order valence-corrected chi connectivity index (χ2v) is 4.87. The molecular formula is C11H24O. The standard InChI is InChI=1S/C11H24O/c1-5-10(12)8-6-7-9-11(2,3)4/h10,12H,5-9H2,1-4H3. The molecule has 12 heavy (non-hydrogen) atoms. The summed E-state index contributed by atoms with van der Waals surface area (Å²) in [4.78, 5) is 0. The van der Waals surface area contributed by atoms with Crippen LogP contribution in [-0.4, -0.2) is 11.2 Å². The predicted octanol–water partition coefficient (Wildman–Crippen LogP) is 3.36. The van der Waals surface area contributed by atoms with Crippen LogP contribution in [0.1, 0.15) is 59.8 Å². The average molecular weight is 172 g/mol. The van der Waals surface area contributed by atoms with Crippen LogP contribution in [0.5, 0.6) is 0 Å². The maximum Gasteiger partial charge on any atom is 0.0537 e. The van der Waals surface area contributed by atoms with E-state index in [1.807, 2.05) is 6.92 Å². The second kappa shape index (κ2) is 5.58. The van der Waals surface area contributed by atoms with E-state index in [0.29, 0.717) is 5.41 Å². The highest BCUT2D eigenvalue weighted by Gasteiger charge is 2.09. The second-order valence-electron chi connectivity index (χ2n) is 4.87. The van der Waals surface area contributed by atoms with Crippen molar-refractivity contribution in [2.24, 2.45) is 5.41 Å². The maximum atomic E-state index is 9.29. The molecule has 1 N–H and O–H groups in total. The van der Waals surface area contributed by atoms with Crippen LogP contribution in [0.3, 0.4) is 0 Å². The normalized spacial score (nSPS) is 14.8. The van der Waals surface area contributed by atoms with Crippen LogP contribution in [0.25, 0.3) is 0 Å². The van der Waals surface area contributed by atoms with Crippen molar-refractivity contribution < 1.29 is 5.11 Å². The van der Waals surface area contributed by atoms with E-state index in [1.54, 1.807) is 0 Å². The van der Waals surface area contributed by atoms with Gasteiger partial charge in [0.15, 0.2) is 0 Å². The smallest absolute Gasteiger partial charge is 0.0537 e. The highest BCUT2D eigenvalue weighted by molar-refractivity contribution is 4.62. The molecule has 0 aliphatic rings. The first-order valence-electron chi connectivity index (χ1n) is 5.14. The van der Waals surface area contributed by atoms with Crippen LogP contribution in [0, 0.1) is 5.41 Å². The minimum atomic E-state index is -0.0648. The molecule has 0 aromatic rings. The third-order valence-electron chi connectivity index (χ3n) is 2.19. The Hall–Kier alpha value is -0.0400. The molecule has 1 unspecified atom stereocenters. The molecule has 1 heteroatoms. The number of aliphatic hydroxyl groups is 1. The van der Waals surface area contributed by atoms with E-state index < -0.39 is 0 Å². The molecule has 0 aromatic carbocycles. The van der Waals surface area contributed by atoms with Gasteiger partial charge >= 0.3 is 0 Å². The van der Waals surface area contributed by atoms with Crippen molar-refractivity contribution in [3.63, 3.8) is 0 Å². The molecule has 0 amide bonds. The number of hydrogen-bond acceptors (Lipinski definition) is 1. The summed E-state index contributed by atoms with van der Waals surface area (Å²) in [5, 5.41) is 9.29. The van der Waals surface area contributed by atoms with Gasteiger partial charge in [-0.1, -0.05) is 40.5 Å². The zero-order valence-corrected chi connectivity index (χ0v) is 9.06. The number of unbranched alkanes of at least 4 members (excludes halogenated alkanes) is 1. The van der Waals surface area contributed by atoms with Crippen LogP contribution in [0.15, 0.2) is 0 Å². The van der Waals surface area contributed by atoms with Gasteiger partial charge in [-0.15, -0.1) is 0 Å². The molecule has 0 aliphatic carbocycles. The van der Waals surface area contributed by atoms with Crippen LogP contribution < -0.4 is 0 Å². The van der Waals surface area contributed by atoms with E-state index in [4.69, 9.17) is 0 Å². The predicted molar refractivity (Wildman–Crippen MR) is 54.2 cm³/mol. The van der Waals surface area contributed by atoms with Crippen molar-refractivity contribution in [2.45, 2.75) is 65.9 Å². The van der Waals surface area contributed by atoms with Gasteiger partial charge in [-0.2, -0.15) is 0 Å². The van der Waals surface area contributed by atoms with Crippen LogP contribution in [0.2, 0.25) is 0 Å². The Morgan fingerprint density at radius 1 is 1.17 bits per heavy atom. The third-order valence-corrected chi connectivity index (χ3v) is 2.19. The van der Waals surface area contributed by atoms with E-state index in [0.717, 1.165) is 12.8 Å². The molecule has 0 aliphatic heterocycles. The van der Waals surface area contributed by atoms with Gasteiger partial charge in [0.25, 0.3) is 0 Å². The summed E-state index contributed by atoms with van der Waals surface area (Å²) in [7, 11) is 0. The fourth-order valence-electron chi connectivity index (χ4n) is 1.24. The highest BCUT2D eigenvalue weighted by atomic mass is 16.3. The van der Waals surface area contributed by atoms with E-state index in [-0.39, 0.29) is 6.10 Å². The molecule has 0 saturated heterocycles. The van der Waals surface area contributed by atoms with Gasteiger partial charge in [0, 0.05) is 0 Å². The van der Waals surface area contributed by atoms with Gasteiger partial charge in [-0.25, -0.2) is 0 Å². The lowest BCUT2D eigenvalue weighted by molar-refractivity contribution is 0.155. The van der Waals surface area contributed by atoms with Gasteiger partial charge in [0.2, 0.25) is 0 Å². The molecular weight excluding hydrogens is 148 g/mol. The van der Waals surface area contributed by atoms with E-state index >= 15 is 0 Å². The van der Waals surface area contributed by atoms with Crippen molar-refractivity contribution in [3.8, 4) is 0 Å². The topological polar surface area (TPSA) is 20.2 Å². The summed E-state index contributed by atoms with van der Waals surface area (Å²) in [6.07, 6.45) is 5.50. The maximum absolute atomic E-state index is 9.29. The SMILES string of the molecule is CCC(O)CCCCC(C)(C)C. The minimum Gasteiger partial charge on any atom is -0.393 e. The first-order chi connectivity index (χ1) is 5.45. The monoisotopic (exact) mass is 172 g/mol. The summed E-state index contributed by atoms with van der Waals surface area (Å²) >= 11 is 0. The van der Waals surface area contributed by atoms with Gasteiger partial charge < -0.3 is 5.11 Å². The molecule has 0 fully saturated rings. The van der Waals surface area contributed by atoms with Gasteiger partial charge in [-0.05, 0) is 24.7 Å². The largest absolute Gasteiger partial charge is 0.393 e. The van der Waals surface area contributed by atoms with E-state index in [9.17, 15) is 5.11 Å². The quantitative estimate of drug-likeness (QED) is 0.630. The Labute approximate surface area is 77.2 Å². The van der Waals surface area contributed by atoms with Crippen molar-refractivity contribution in [1.29, 1.82) is 0 Å². The Bertz CT molecular complexity index is 102. The molecule has 0 aromatic heterocycles. The lowest BCUT2D eigenvalue weighted by atomic mass is 9.89. The van der Waals surface area contributed by atoms with Gasteiger partial charge in [-0.3, -0.25) is 0 Å². The van der Waals surface area contributed by atoms with Crippen LogP contribution >= 0.6 is 0 Å². The summed E-state index contributed by atoms with van der Waals surface area (Å²) in [5.74, 6) is 0. The molecule has 0 radical (unpaired) electrons. The number of rotatable bonds is 5. The lowest BCUT2D eigenvalue weighted by Gasteiger charge is -2.17. The molecule has 1 atom stereocenters. The Kier molecular flexibility index (Phi) is 5.56. The van der Waals surface area contributed by atoms with E-state index in [1.165, 1.54) is 19.3 Å². The van der Waals surface area contributed by atoms with Gasteiger partial charge in [0.1, 0.15) is 0 Å². The summed E-state index contributed by atoms with van der Waals surface area (Å²) in [6, 6.07) is 0. The zero-order chi connectivity index (χ0) is 9.61. The Morgan fingerprint density at radius 3 is 2.17 bits per heavy atom.